The molecule has 0 saturated heterocycles. The second-order valence-electron chi connectivity index (χ2n) is 4.09. The molecule has 0 atom stereocenters. The Balaban J connectivity index is 2.23. The van der Waals surface area contributed by atoms with Gasteiger partial charge in [-0.2, -0.15) is 5.10 Å². The number of carboxylic acid groups (broad SMARTS) is 1. The highest BCUT2D eigenvalue weighted by Crippen LogP contribution is 2.30. The van der Waals surface area contributed by atoms with Crippen LogP contribution in [0.5, 0.6) is 0 Å². The molecular weight excluding hydrogens is 284 g/mol. The summed E-state index contributed by atoms with van der Waals surface area (Å²) in [6, 6.07) is 8.82. The summed E-state index contributed by atoms with van der Waals surface area (Å²) in [5.41, 5.74) is 1.63. The van der Waals surface area contributed by atoms with Crippen LogP contribution >= 0.6 is 22.9 Å². The van der Waals surface area contributed by atoms with Gasteiger partial charge in [-0.25, -0.2) is 4.68 Å². The van der Waals surface area contributed by atoms with Crippen LogP contribution in [0.25, 0.3) is 15.9 Å². The minimum Gasteiger partial charge on any atom is -0.544 e. The quantitative estimate of drug-likeness (QED) is 0.728. The number of carboxylic acids is 1. The van der Waals surface area contributed by atoms with Crippen molar-refractivity contribution >= 4 is 39.1 Å². The fraction of sp³-hybridized carbons (Fsp3) is 0.0769. The third-order valence-electron chi connectivity index (χ3n) is 2.82. The van der Waals surface area contributed by atoms with Crippen LogP contribution in [0.3, 0.4) is 0 Å². The Morgan fingerprint density at radius 2 is 2.05 bits per heavy atom. The number of aromatic nitrogens is 2. The first-order valence-corrected chi connectivity index (χ1v) is 6.72. The summed E-state index contributed by atoms with van der Waals surface area (Å²) in [6.07, 6.45) is 0. The molecule has 0 amide bonds. The fourth-order valence-corrected chi connectivity index (χ4v) is 3.05. The number of hydrogen-bond donors (Lipinski definition) is 0. The minimum atomic E-state index is -1.16. The highest BCUT2D eigenvalue weighted by atomic mass is 35.5. The molecule has 0 saturated carbocycles. The zero-order valence-corrected chi connectivity index (χ0v) is 11.5. The van der Waals surface area contributed by atoms with Gasteiger partial charge in [0.25, 0.3) is 0 Å². The molecule has 0 aliphatic rings. The van der Waals surface area contributed by atoms with Gasteiger partial charge in [0.15, 0.2) is 0 Å². The second-order valence-corrected chi connectivity index (χ2v) is 5.56. The van der Waals surface area contributed by atoms with Gasteiger partial charge < -0.3 is 9.90 Å². The molecule has 2 heterocycles. The van der Waals surface area contributed by atoms with E-state index >= 15 is 0 Å². The van der Waals surface area contributed by atoms with Crippen LogP contribution in [-0.4, -0.2) is 15.7 Å². The first-order valence-electron chi connectivity index (χ1n) is 5.53. The number of fused-ring (bicyclic) bond motifs is 1. The zero-order valence-electron chi connectivity index (χ0n) is 9.88. The van der Waals surface area contributed by atoms with Crippen LogP contribution in [0.15, 0.2) is 30.3 Å². The Morgan fingerprint density at radius 1 is 1.37 bits per heavy atom. The van der Waals surface area contributed by atoms with Gasteiger partial charge in [-0.3, -0.25) is 0 Å². The first kappa shape index (κ1) is 12.2. The van der Waals surface area contributed by atoms with E-state index in [0.29, 0.717) is 5.02 Å². The van der Waals surface area contributed by atoms with E-state index in [4.69, 9.17) is 11.6 Å². The van der Waals surface area contributed by atoms with E-state index in [1.807, 2.05) is 19.1 Å². The number of rotatable bonds is 2. The lowest BCUT2D eigenvalue weighted by Gasteiger charge is -2.02. The van der Waals surface area contributed by atoms with Gasteiger partial charge in [0, 0.05) is 10.4 Å². The van der Waals surface area contributed by atoms with Crippen molar-refractivity contribution in [1.82, 2.24) is 9.78 Å². The van der Waals surface area contributed by atoms with Crippen molar-refractivity contribution < 1.29 is 9.90 Å². The molecule has 6 heteroatoms. The van der Waals surface area contributed by atoms with Crippen LogP contribution in [0, 0.1) is 6.92 Å². The van der Waals surface area contributed by atoms with E-state index in [1.165, 1.54) is 0 Å². The van der Waals surface area contributed by atoms with E-state index in [2.05, 4.69) is 5.10 Å². The molecule has 0 unspecified atom stereocenters. The molecule has 2 aromatic heterocycles. The SMILES string of the molecule is Cc1nn(-c2ccc(Cl)cc2)c2sc(C(=O)[O-])cc12. The Hall–Kier alpha value is -1.85. The summed E-state index contributed by atoms with van der Waals surface area (Å²) in [4.78, 5) is 11.9. The molecule has 0 N–H and O–H groups in total. The van der Waals surface area contributed by atoms with Crippen molar-refractivity contribution in [3.8, 4) is 5.69 Å². The van der Waals surface area contributed by atoms with Gasteiger partial charge in [-0.15, -0.1) is 11.3 Å². The molecule has 0 fully saturated rings. The molecule has 1 aromatic carbocycles. The average Bonchev–Trinajstić information content (AvgIpc) is 2.92. The Kier molecular flexibility index (Phi) is 2.80. The highest BCUT2D eigenvalue weighted by Gasteiger charge is 2.13. The number of benzene rings is 1. The Morgan fingerprint density at radius 3 is 2.68 bits per heavy atom. The van der Waals surface area contributed by atoms with Gasteiger partial charge in [-0.1, -0.05) is 11.6 Å². The van der Waals surface area contributed by atoms with E-state index in [-0.39, 0.29) is 4.88 Å². The number of halogens is 1. The van der Waals surface area contributed by atoms with E-state index in [0.717, 1.165) is 32.9 Å². The molecule has 0 aliphatic carbocycles. The van der Waals surface area contributed by atoms with Gasteiger partial charge in [-0.05, 0) is 37.3 Å². The van der Waals surface area contributed by atoms with Crippen LogP contribution < -0.4 is 5.11 Å². The van der Waals surface area contributed by atoms with Gasteiger partial charge in [0.2, 0.25) is 0 Å². The zero-order chi connectivity index (χ0) is 13.6. The summed E-state index contributed by atoms with van der Waals surface area (Å²) in [5.74, 6) is -1.16. The number of nitrogens with zero attached hydrogens (tertiary/aromatic N) is 2. The summed E-state index contributed by atoms with van der Waals surface area (Å²) >= 11 is 7.01. The highest BCUT2D eigenvalue weighted by molar-refractivity contribution is 7.20. The van der Waals surface area contributed by atoms with Crippen LogP contribution in [0.2, 0.25) is 5.02 Å². The Bertz CT molecular complexity index is 774. The minimum absolute atomic E-state index is 0.207. The monoisotopic (exact) mass is 291 g/mol. The molecule has 4 nitrogen and oxygen atoms in total. The summed E-state index contributed by atoms with van der Waals surface area (Å²) in [6.45, 7) is 1.85. The molecule has 96 valence electrons. The number of aromatic carboxylic acids is 1. The predicted molar refractivity (Wildman–Crippen MR) is 73.0 cm³/mol. The maximum atomic E-state index is 10.9. The maximum Gasteiger partial charge on any atom is 0.128 e. The van der Waals surface area contributed by atoms with Crippen LogP contribution in [0.1, 0.15) is 15.4 Å². The predicted octanol–water partition coefficient (Wildman–Crippen LogP) is 2.41. The molecule has 3 aromatic rings. The Labute approximate surface area is 117 Å². The molecule has 0 aliphatic heterocycles. The molecular formula is C13H8ClN2O2S-. The fourth-order valence-electron chi connectivity index (χ4n) is 1.91. The molecule has 19 heavy (non-hydrogen) atoms. The van der Waals surface area contributed by atoms with Gasteiger partial charge in [0.1, 0.15) is 4.83 Å². The standard InChI is InChI=1S/C13H9ClN2O2S/c1-7-10-6-11(13(17)18)19-12(10)16(15-7)9-4-2-8(14)3-5-9/h2-6H,1H3,(H,17,18)/p-1. The smallest absolute Gasteiger partial charge is 0.128 e. The normalized spacial score (nSPS) is 11.1. The summed E-state index contributed by atoms with van der Waals surface area (Å²) in [5, 5.41) is 16.8. The third kappa shape index (κ3) is 2.01. The molecule has 0 radical (unpaired) electrons. The number of carbonyl (C=O) groups excluding carboxylic acids is 1. The summed E-state index contributed by atoms with van der Waals surface area (Å²) in [7, 11) is 0. The summed E-state index contributed by atoms with van der Waals surface area (Å²) < 4.78 is 1.72. The second kappa shape index (κ2) is 4.36. The number of carbonyl (C=O) groups is 1. The third-order valence-corrected chi connectivity index (χ3v) is 4.16. The van der Waals surface area contributed by atoms with Crippen molar-refractivity contribution in [3.63, 3.8) is 0 Å². The number of hydrogen-bond acceptors (Lipinski definition) is 4. The topological polar surface area (TPSA) is 58.0 Å². The maximum absolute atomic E-state index is 10.9. The molecule has 0 spiro atoms. The van der Waals surface area contributed by atoms with E-state index in [1.54, 1.807) is 22.9 Å². The van der Waals surface area contributed by atoms with Gasteiger partial charge in [0.05, 0.1) is 22.2 Å². The molecule has 3 rings (SSSR count). The van der Waals surface area contributed by atoms with Crippen LogP contribution in [0.4, 0.5) is 0 Å². The van der Waals surface area contributed by atoms with E-state index in [9.17, 15) is 9.90 Å². The van der Waals surface area contributed by atoms with E-state index < -0.39 is 5.97 Å². The van der Waals surface area contributed by atoms with Crippen molar-refractivity contribution in [2.24, 2.45) is 0 Å². The van der Waals surface area contributed by atoms with Crippen molar-refractivity contribution in [3.05, 3.63) is 45.9 Å². The van der Waals surface area contributed by atoms with Crippen LogP contribution in [-0.2, 0) is 0 Å². The van der Waals surface area contributed by atoms with Gasteiger partial charge >= 0.3 is 0 Å². The lowest BCUT2D eigenvalue weighted by molar-refractivity contribution is -0.254. The molecule has 0 bridgehead atoms. The average molecular weight is 292 g/mol. The number of aryl methyl sites for hydroxylation is 1. The number of thiophene rings is 1. The lowest BCUT2D eigenvalue weighted by Crippen LogP contribution is -2.20. The largest absolute Gasteiger partial charge is 0.544 e. The van der Waals surface area contributed by atoms with Crippen molar-refractivity contribution in [2.45, 2.75) is 6.92 Å². The van der Waals surface area contributed by atoms with Crippen molar-refractivity contribution in [1.29, 1.82) is 0 Å². The van der Waals surface area contributed by atoms with Crippen molar-refractivity contribution in [2.75, 3.05) is 0 Å². The first-order chi connectivity index (χ1) is 9.06. The lowest BCUT2D eigenvalue weighted by atomic mass is 10.3.